The van der Waals surface area contributed by atoms with E-state index >= 15 is 0 Å². The molecular weight excluding hydrogens is 1060 g/mol. The van der Waals surface area contributed by atoms with Gasteiger partial charge in [-0.1, -0.05) is 96.1 Å². The first-order chi connectivity index (χ1) is 41.5. The van der Waals surface area contributed by atoms with Gasteiger partial charge in [-0.3, -0.25) is 4.79 Å². The highest BCUT2D eigenvalue weighted by Crippen LogP contribution is 2.41. The third kappa shape index (κ3) is 14.9. The summed E-state index contributed by atoms with van der Waals surface area (Å²) >= 11 is 0. The highest BCUT2D eigenvalue weighted by atomic mass is 16.5. The highest BCUT2D eigenvalue weighted by Gasteiger charge is 2.35. The molecule has 12 rings (SSSR count). The van der Waals surface area contributed by atoms with Gasteiger partial charge in [0.05, 0.1) is 36.6 Å². The number of nitrogens with zero attached hydrogens (tertiary/aromatic N) is 6. The van der Waals surface area contributed by atoms with Crippen LogP contribution in [0.5, 0.6) is 0 Å². The fourth-order valence-electron chi connectivity index (χ4n) is 17.0. The predicted octanol–water partition coefficient (Wildman–Crippen LogP) is 16.0. The van der Waals surface area contributed by atoms with E-state index < -0.39 is 5.41 Å². The van der Waals surface area contributed by atoms with Crippen molar-refractivity contribution in [1.82, 2.24) is 28.4 Å². The molecule has 6 aromatic rings. The summed E-state index contributed by atoms with van der Waals surface area (Å²) in [6, 6.07) is 33.6. The van der Waals surface area contributed by atoms with E-state index in [1.807, 2.05) is 26.8 Å². The Labute approximate surface area is 517 Å². The molecule has 472 valence electrons. The van der Waals surface area contributed by atoms with Gasteiger partial charge in [-0.2, -0.15) is 0 Å². The number of carbonyl (C=O) groups is 1. The first kappa shape index (κ1) is 64.5. The highest BCUT2D eigenvalue weighted by molar-refractivity contribution is 5.86. The molecule has 3 aromatic heterocycles. The molecule has 0 unspecified atom stereocenters. The summed E-state index contributed by atoms with van der Waals surface area (Å²) in [6.45, 7) is 27.5. The molecule has 6 aliphatic rings. The molecule has 0 atom stereocenters. The van der Waals surface area contributed by atoms with Gasteiger partial charge in [0.25, 0.3) is 0 Å². The van der Waals surface area contributed by atoms with Crippen molar-refractivity contribution in [3.63, 3.8) is 0 Å². The fraction of sp³-hybridized carbons (Fsp3) is 0.667. The lowest BCUT2D eigenvalue weighted by molar-refractivity contribution is -0.154. The van der Waals surface area contributed by atoms with Crippen molar-refractivity contribution < 1.29 is 24.9 Å². The molecule has 0 amide bonds. The number of piperidine rings is 3. The Hall–Kier alpha value is -4.49. The summed E-state index contributed by atoms with van der Waals surface area (Å²) in [5, 5.41) is 33.4. The third-order valence-electron chi connectivity index (χ3n) is 22.4. The average molecular weight is 1180 g/mol. The number of aliphatic hydroxyl groups is 3. The van der Waals surface area contributed by atoms with Crippen LogP contribution < -0.4 is 0 Å². The van der Waals surface area contributed by atoms with Crippen molar-refractivity contribution >= 4 is 38.7 Å². The first-order valence-electron chi connectivity index (χ1n) is 34.5. The number of aliphatic hydroxyl groups excluding tert-OH is 3. The predicted molar refractivity (Wildman–Crippen MR) is 354 cm³/mol. The second kappa shape index (κ2) is 29.4. The molecule has 3 saturated heterocycles. The smallest absolute Gasteiger partial charge is 0.311 e. The number of likely N-dealkylation sites (tertiary alicyclic amines) is 3. The lowest BCUT2D eigenvalue weighted by Crippen LogP contribution is -2.44. The van der Waals surface area contributed by atoms with Crippen LogP contribution in [-0.4, -0.2) is 107 Å². The van der Waals surface area contributed by atoms with E-state index in [-0.39, 0.29) is 25.8 Å². The molecule has 3 aromatic carbocycles. The molecule has 0 radical (unpaired) electrons. The van der Waals surface area contributed by atoms with Crippen molar-refractivity contribution in [1.29, 1.82) is 0 Å². The number of carbonyl (C=O) groups excluding carboxylic acids is 1. The third-order valence-corrected chi connectivity index (χ3v) is 22.4. The molecule has 3 N–H and O–H groups in total. The van der Waals surface area contributed by atoms with Gasteiger partial charge in [0.2, 0.25) is 0 Å². The maximum absolute atomic E-state index is 12.4. The summed E-state index contributed by atoms with van der Waals surface area (Å²) in [7, 11) is 0. The van der Waals surface area contributed by atoms with Crippen LogP contribution in [0.1, 0.15) is 219 Å². The number of benzene rings is 3. The second-order valence-corrected chi connectivity index (χ2v) is 29.5. The Kier molecular flexibility index (Phi) is 22.1. The quantitative estimate of drug-likeness (QED) is 0.0925. The molecular formula is C75H112N6O5. The van der Waals surface area contributed by atoms with E-state index in [4.69, 9.17) is 4.74 Å². The maximum Gasteiger partial charge on any atom is 0.311 e. The Bertz CT molecular complexity index is 3060. The molecule has 0 spiro atoms. The number of ether oxygens (including phenoxy) is 1. The minimum atomic E-state index is -0.475. The van der Waals surface area contributed by atoms with Gasteiger partial charge < -0.3 is 48.5 Å². The molecule has 86 heavy (non-hydrogen) atoms. The molecule has 3 aliphatic carbocycles. The topological polar surface area (TPSA) is 112 Å². The van der Waals surface area contributed by atoms with E-state index in [1.165, 1.54) is 151 Å². The molecule has 3 saturated carbocycles. The number of hydrogen-bond donors (Lipinski definition) is 3. The van der Waals surface area contributed by atoms with Gasteiger partial charge in [-0.25, -0.2) is 0 Å². The zero-order chi connectivity index (χ0) is 60.6. The molecule has 0 bridgehead atoms. The number of esters is 1. The van der Waals surface area contributed by atoms with E-state index in [0.717, 1.165) is 113 Å². The van der Waals surface area contributed by atoms with Crippen LogP contribution in [0.4, 0.5) is 0 Å². The lowest BCUT2D eigenvalue weighted by Gasteiger charge is -2.42. The van der Waals surface area contributed by atoms with Crippen LogP contribution in [0.25, 0.3) is 32.7 Å². The number of hydrogen-bond acceptors (Lipinski definition) is 8. The van der Waals surface area contributed by atoms with E-state index in [2.05, 4.69) is 149 Å². The Morgan fingerprint density at radius 3 is 1.17 bits per heavy atom. The van der Waals surface area contributed by atoms with Gasteiger partial charge in [0.15, 0.2) is 0 Å². The molecule has 3 aliphatic heterocycles. The van der Waals surface area contributed by atoms with Crippen LogP contribution >= 0.6 is 0 Å². The largest absolute Gasteiger partial charge is 0.459 e. The van der Waals surface area contributed by atoms with Gasteiger partial charge >= 0.3 is 5.97 Å². The standard InChI is InChI=1S/C28H42N2O2.C24H36N2O2.C23H34N2O/c1-20(2)21-10-12-23(13-11-21)29-16-14-24(15-17-29)30-25(19-32-27(31)28(3,4)5)18-22-8-6-7-9-26(22)30;1-17(2)18-7-9-19(10-8-18)25-13-11-20(12-14-25)26-23-6-4-3-5-21(23)22(15-27)24(26)16-28;1-17(2)18-7-9-20(10-8-18)24-13-11-21(12-14-24)25-22(16-26)15-19-5-3-4-6-23(19)25/h6-9,18,20-21,23-24H,10-17,19H2,1-5H3;3-6,17-20,27-28H,7-16H2,1-2H3;3-6,15,17-18,20-21,26H,7-14,16H2,1-2H3. The van der Waals surface area contributed by atoms with Gasteiger partial charge in [0.1, 0.15) is 6.61 Å². The molecule has 6 heterocycles. The van der Waals surface area contributed by atoms with Gasteiger partial charge in [-0.15, -0.1) is 0 Å². The Morgan fingerprint density at radius 2 is 0.802 bits per heavy atom. The molecule has 6 fully saturated rings. The van der Waals surface area contributed by atoms with Crippen molar-refractivity contribution in [2.75, 3.05) is 39.3 Å². The normalized spacial score (nSPS) is 24.8. The second-order valence-electron chi connectivity index (χ2n) is 29.5. The zero-order valence-electron chi connectivity index (χ0n) is 54.7. The Morgan fingerprint density at radius 1 is 0.442 bits per heavy atom. The van der Waals surface area contributed by atoms with Crippen LogP contribution in [0.2, 0.25) is 0 Å². The summed E-state index contributed by atoms with van der Waals surface area (Å²) in [5.41, 5.74) is 7.23. The number of rotatable bonds is 14. The molecule has 11 nitrogen and oxygen atoms in total. The number of aromatic nitrogens is 3. The van der Waals surface area contributed by atoms with Crippen molar-refractivity contribution in [3.8, 4) is 0 Å². The fourth-order valence-corrected chi connectivity index (χ4v) is 17.0. The van der Waals surface area contributed by atoms with Crippen LogP contribution in [-0.2, 0) is 36.0 Å². The van der Waals surface area contributed by atoms with E-state index in [1.54, 1.807) is 0 Å². The van der Waals surface area contributed by atoms with Crippen molar-refractivity contribution in [3.05, 3.63) is 108 Å². The van der Waals surface area contributed by atoms with Crippen LogP contribution in [0, 0.1) is 40.9 Å². The Balaban J connectivity index is 0.000000144. The lowest BCUT2D eigenvalue weighted by atomic mass is 9.79. The monoisotopic (exact) mass is 1180 g/mol. The first-order valence-corrected chi connectivity index (χ1v) is 34.5. The van der Waals surface area contributed by atoms with E-state index in [9.17, 15) is 20.1 Å². The van der Waals surface area contributed by atoms with Crippen molar-refractivity contribution in [2.45, 2.75) is 241 Å². The summed E-state index contributed by atoms with van der Waals surface area (Å²) in [4.78, 5) is 20.6. The van der Waals surface area contributed by atoms with Crippen LogP contribution in [0.15, 0.2) is 84.9 Å². The number of para-hydroxylation sites is 3. The summed E-state index contributed by atoms with van der Waals surface area (Å²) in [5.74, 6) is 5.15. The zero-order valence-corrected chi connectivity index (χ0v) is 54.7. The van der Waals surface area contributed by atoms with Gasteiger partial charge in [0, 0.05) is 109 Å². The van der Waals surface area contributed by atoms with E-state index in [0.29, 0.717) is 24.7 Å². The van der Waals surface area contributed by atoms with Crippen LogP contribution in [0.3, 0.4) is 0 Å². The maximum atomic E-state index is 12.4. The minimum absolute atomic E-state index is 0.00992. The number of fused-ring (bicyclic) bond motifs is 3. The van der Waals surface area contributed by atoms with Crippen molar-refractivity contribution in [2.24, 2.45) is 40.9 Å². The average Bonchev–Trinajstić information content (AvgIpc) is 2.02. The molecule has 11 heteroatoms. The minimum Gasteiger partial charge on any atom is -0.459 e. The summed E-state index contributed by atoms with van der Waals surface area (Å²) < 4.78 is 12.9. The summed E-state index contributed by atoms with van der Waals surface area (Å²) in [6.07, 6.45) is 23.6. The SMILES string of the molecule is CC(C)C1CCC(N2CCC(n3c(CO)c(CO)c4ccccc43)CC2)CC1.CC(C)C1CCC(N2CCC(n3c(CO)cc4ccccc43)CC2)CC1.CC(C)C1CCC(N2CCC(n3c(COC(=O)C(C)(C)C)cc4ccccc43)CC2)CC1. The van der Waals surface area contributed by atoms with Gasteiger partial charge in [-0.05, 0) is 213 Å².